The fraction of sp³-hybridized carbons (Fsp3) is 0.158. The Morgan fingerprint density at radius 2 is 2.08 bits per heavy atom. The molecule has 26 heavy (non-hydrogen) atoms. The molecule has 2 aromatic rings. The highest BCUT2D eigenvalue weighted by Crippen LogP contribution is 2.37. The number of halogens is 2. The zero-order valence-electron chi connectivity index (χ0n) is 14.1. The number of hydrogen-bond acceptors (Lipinski definition) is 5. The molecule has 0 saturated heterocycles. The Morgan fingerprint density at radius 1 is 1.31 bits per heavy atom. The SMILES string of the molecule is CCOc1c(Cl)cc(/C=C2\N=C(c3ccccc3Br)OC2=O)cc1OC. The minimum absolute atomic E-state index is 0.179. The van der Waals surface area contributed by atoms with Gasteiger partial charge in [0.2, 0.25) is 5.90 Å². The Kier molecular flexibility index (Phi) is 5.64. The zero-order chi connectivity index (χ0) is 18.7. The monoisotopic (exact) mass is 435 g/mol. The van der Waals surface area contributed by atoms with Gasteiger partial charge in [-0.3, -0.25) is 0 Å². The molecule has 0 atom stereocenters. The predicted molar refractivity (Wildman–Crippen MR) is 104 cm³/mol. The van der Waals surface area contributed by atoms with E-state index in [0.29, 0.717) is 34.3 Å². The average molecular weight is 437 g/mol. The van der Waals surface area contributed by atoms with Gasteiger partial charge in [0.05, 0.1) is 24.3 Å². The maximum atomic E-state index is 12.2. The highest BCUT2D eigenvalue weighted by Gasteiger charge is 2.25. The van der Waals surface area contributed by atoms with Gasteiger partial charge in [-0.1, -0.05) is 23.7 Å². The van der Waals surface area contributed by atoms with Crippen molar-refractivity contribution in [3.05, 3.63) is 62.7 Å². The van der Waals surface area contributed by atoms with Gasteiger partial charge in [-0.25, -0.2) is 9.79 Å². The summed E-state index contributed by atoms with van der Waals surface area (Å²) < 4.78 is 16.9. The Balaban J connectivity index is 1.98. The first-order valence-electron chi connectivity index (χ1n) is 7.81. The van der Waals surface area contributed by atoms with Gasteiger partial charge in [0.15, 0.2) is 17.2 Å². The van der Waals surface area contributed by atoms with Crippen LogP contribution in [0.1, 0.15) is 18.1 Å². The molecule has 5 nitrogen and oxygen atoms in total. The average Bonchev–Trinajstić information content (AvgIpc) is 2.98. The second-order valence-corrected chi connectivity index (χ2v) is 6.54. The lowest BCUT2D eigenvalue weighted by molar-refractivity contribution is -0.129. The van der Waals surface area contributed by atoms with Crippen molar-refractivity contribution < 1.29 is 19.0 Å². The predicted octanol–water partition coefficient (Wildman–Crippen LogP) is 4.85. The number of nitrogens with zero attached hydrogens (tertiary/aromatic N) is 1. The van der Waals surface area contributed by atoms with E-state index in [1.165, 1.54) is 7.11 Å². The Bertz CT molecular complexity index is 924. The fourth-order valence-corrected chi connectivity index (χ4v) is 3.15. The van der Waals surface area contributed by atoms with E-state index < -0.39 is 5.97 Å². The molecule has 0 unspecified atom stereocenters. The molecule has 1 aliphatic heterocycles. The second-order valence-electron chi connectivity index (χ2n) is 5.28. The number of aliphatic imine (C=N–C) groups is 1. The lowest BCUT2D eigenvalue weighted by Crippen LogP contribution is -2.05. The van der Waals surface area contributed by atoms with Crippen molar-refractivity contribution in [1.29, 1.82) is 0 Å². The van der Waals surface area contributed by atoms with Crippen LogP contribution < -0.4 is 9.47 Å². The summed E-state index contributed by atoms with van der Waals surface area (Å²) >= 11 is 9.69. The van der Waals surface area contributed by atoms with Gasteiger partial charge < -0.3 is 14.2 Å². The highest BCUT2D eigenvalue weighted by molar-refractivity contribution is 9.10. The van der Waals surface area contributed by atoms with Crippen LogP contribution >= 0.6 is 27.5 Å². The third-order valence-electron chi connectivity index (χ3n) is 3.57. The maximum Gasteiger partial charge on any atom is 0.363 e. The summed E-state index contributed by atoms with van der Waals surface area (Å²) in [5.41, 5.74) is 1.53. The quantitative estimate of drug-likeness (QED) is 0.496. The lowest BCUT2D eigenvalue weighted by Gasteiger charge is -2.11. The van der Waals surface area contributed by atoms with Crippen molar-refractivity contribution >= 4 is 45.5 Å². The van der Waals surface area contributed by atoms with E-state index in [-0.39, 0.29) is 11.6 Å². The minimum atomic E-state index is -0.528. The summed E-state index contributed by atoms with van der Waals surface area (Å²) in [6, 6.07) is 10.8. The van der Waals surface area contributed by atoms with E-state index in [9.17, 15) is 4.79 Å². The van der Waals surface area contributed by atoms with Gasteiger partial charge in [-0.05, 0) is 58.8 Å². The molecule has 0 aliphatic carbocycles. The molecule has 1 aliphatic rings. The van der Waals surface area contributed by atoms with Crippen molar-refractivity contribution in [2.75, 3.05) is 13.7 Å². The molecule has 134 valence electrons. The number of benzene rings is 2. The van der Waals surface area contributed by atoms with Crippen LogP contribution in [0.15, 0.2) is 51.6 Å². The van der Waals surface area contributed by atoms with Gasteiger partial charge in [-0.2, -0.15) is 0 Å². The number of hydrogen-bond donors (Lipinski definition) is 0. The van der Waals surface area contributed by atoms with Crippen molar-refractivity contribution in [3.63, 3.8) is 0 Å². The Morgan fingerprint density at radius 3 is 2.77 bits per heavy atom. The fourth-order valence-electron chi connectivity index (χ4n) is 2.42. The number of cyclic esters (lactones) is 1. The highest BCUT2D eigenvalue weighted by atomic mass is 79.9. The van der Waals surface area contributed by atoms with Gasteiger partial charge in [-0.15, -0.1) is 0 Å². The van der Waals surface area contributed by atoms with Gasteiger partial charge in [0, 0.05) is 4.47 Å². The molecule has 7 heteroatoms. The van der Waals surface area contributed by atoms with Gasteiger partial charge in [0.1, 0.15) is 0 Å². The summed E-state index contributed by atoms with van der Waals surface area (Å²) in [6.07, 6.45) is 1.59. The zero-order valence-corrected chi connectivity index (χ0v) is 16.4. The third-order valence-corrected chi connectivity index (χ3v) is 4.54. The van der Waals surface area contributed by atoms with Crippen molar-refractivity contribution in [2.24, 2.45) is 4.99 Å². The van der Waals surface area contributed by atoms with E-state index in [4.69, 9.17) is 25.8 Å². The molecule has 0 N–H and O–H groups in total. The molecule has 0 saturated carbocycles. The van der Waals surface area contributed by atoms with Crippen LogP contribution in [-0.2, 0) is 9.53 Å². The Hall–Kier alpha value is -2.31. The Labute approximate surface area is 164 Å². The van der Waals surface area contributed by atoms with E-state index in [0.717, 1.165) is 4.47 Å². The summed E-state index contributed by atoms with van der Waals surface area (Å²) in [4.78, 5) is 16.5. The van der Waals surface area contributed by atoms with Crippen molar-refractivity contribution in [3.8, 4) is 11.5 Å². The van der Waals surface area contributed by atoms with Crippen LogP contribution in [0.25, 0.3) is 6.08 Å². The van der Waals surface area contributed by atoms with Crippen LogP contribution in [0.3, 0.4) is 0 Å². The topological polar surface area (TPSA) is 57.1 Å². The number of ether oxygens (including phenoxy) is 3. The smallest absolute Gasteiger partial charge is 0.363 e. The van der Waals surface area contributed by atoms with Gasteiger partial charge >= 0.3 is 5.97 Å². The minimum Gasteiger partial charge on any atom is -0.493 e. The molecule has 1 heterocycles. The molecule has 0 radical (unpaired) electrons. The van der Waals surface area contributed by atoms with Crippen molar-refractivity contribution in [1.82, 2.24) is 0 Å². The summed E-state index contributed by atoms with van der Waals surface area (Å²) in [5.74, 6) is 0.662. The van der Waals surface area contributed by atoms with Gasteiger partial charge in [0.25, 0.3) is 0 Å². The molecule has 0 fully saturated rings. The molecule has 0 spiro atoms. The number of esters is 1. The summed E-state index contributed by atoms with van der Waals surface area (Å²) in [6.45, 7) is 2.32. The molecule has 0 amide bonds. The van der Waals surface area contributed by atoms with E-state index >= 15 is 0 Å². The number of carbonyl (C=O) groups is 1. The molecule has 0 bridgehead atoms. The van der Waals surface area contributed by atoms with Crippen LogP contribution in [0.5, 0.6) is 11.5 Å². The van der Waals surface area contributed by atoms with E-state index in [1.807, 2.05) is 31.2 Å². The largest absolute Gasteiger partial charge is 0.493 e. The molecular formula is C19H15BrClNO4. The number of rotatable bonds is 5. The normalized spacial score (nSPS) is 15.0. The van der Waals surface area contributed by atoms with Crippen molar-refractivity contribution in [2.45, 2.75) is 6.92 Å². The van der Waals surface area contributed by atoms with Crippen LogP contribution in [0, 0.1) is 0 Å². The van der Waals surface area contributed by atoms with Crippen LogP contribution in [-0.4, -0.2) is 25.6 Å². The maximum absolute atomic E-state index is 12.2. The number of methoxy groups -OCH3 is 1. The summed E-state index contributed by atoms with van der Waals surface area (Å²) in [5, 5.41) is 0.388. The lowest BCUT2D eigenvalue weighted by atomic mass is 10.1. The third kappa shape index (κ3) is 3.76. The molecule has 3 rings (SSSR count). The molecule has 2 aromatic carbocycles. The molecule has 0 aromatic heterocycles. The number of carbonyl (C=O) groups excluding carboxylic acids is 1. The molecular weight excluding hydrogens is 422 g/mol. The van der Waals surface area contributed by atoms with Crippen LogP contribution in [0.4, 0.5) is 0 Å². The first-order chi connectivity index (χ1) is 12.5. The first kappa shape index (κ1) is 18.5. The first-order valence-corrected chi connectivity index (χ1v) is 8.98. The van der Waals surface area contributed by atoms with Crippen LogP contribution in [0.2, 0.25) is 5.02 Å². The van der Waals surface area contributed by atoms with E-state index in [1.54, 1.807) is 18.2 Å². The van der Waals surface area contributed by atoms with E-state index in [2.05, 4.69) is 20.9 Å². The summed E-state index contributed by atoms with van der Waals surface area (Å²) in [7, 11) is 1.53. The second kappa shape index (κ2) is 7.93. The standard InChI is InChI=1S/C19H15BrClNO4/c1-3-25-17-14(21)8-11(10-16(17)24-2)9-15-19(23)26-18(22-15)12-6-4-5-7-13(12)20/h4-10H,3H2,1-2H3/b15-9-.